The molecule has 1 N–H and O–H groups in total. The van der Waals surface area contributed by atoms with E-state index in [1.807, 2.05) is 0 Å². The van der Waals surface area contributed by atoms with Crippen LogP contribution in [0.25, 0.3) is 0 Å². The van der Waals surface area contributed by atoms with E-state index >= 15 is 0 Å². The first-order valence-electron chi connectivity index (χ1n) is 7.24. The Labute approximate surface area is 124 Å². The van der Waals surface area contributed by atoms with Crippen LogP contribution in [-0.4, -0.2) is 51.8 Å². The molecule has 1 aliphatic heterocycles. The van der Waals surface area contributed by atoms with E-state index in [0.717, 1.165) is 32.1 Å². The lowest BCUT2D eigenvalue weighted by atomic mass is 9.77. The largest absolute Gasteiger partial charge is 0.480 e. The first-order chi connectivity index (χ1) is 9.53. The van der Waals surface area contributed by atoms with Gasteiger partial charge in [0.1, 0.15) is 6.04 Å². The third-order valence-corrected chi connectivity index (χ3v) is 5.73. The highest BCUT2D eigenvalue weighted by Crippen LogP contribution is 2.40. The fourth-order valence-corrected chi connectivity index (χ4v) is 4.48. The van der Waals surface area contributed by atoms with Gasteiger partial charge in [0.25, 0.3) is 0 Å². The van der Waals surface area contributed by atoms with Crippen molar-refractivity contribution in [1.29, 1.82) is 0 Å². The molecule has 2 atom stereocenters. The lowest BCUT2D eigenvalue weighted by molar-refractivity contribution is -0.155. The maximum atomic E-state index is 12.6. The van der Waals surface area contributed by atoms with Crippen molar-refractivity contribution >= 4 is 23.6 Å². The summed E-state index contributed by atoms with van der Waals surface area (Å²) in [7, 11) is 1.64. The number of carboxylic acid groups (broad SMARTS) is 1. The van der Waals surface area contributed by atoms with Crippen molar-refractivity contribution in [3.63, 3.8) is 0 Å². The molecule has 20 heavy (non-hydrogen) atoms. The molecule has 2 rings (SSSR count). The third kappa shape index (κ3) is 2.96. The maximum Gasteiger partial charge on any atom is 0.327 e. The molecule has 1 saturated heterocycles. The Balaban J connectivity index is 2.08. The Morgan fingerprint density at radius 1 is 1.45 bits per heavy atom. The molecule has 5 nitrogen and oxygen atoms in total. The van der Waals surface area contributed by atoms with E-state index < -0.39 is 12.0 Å². The minimum atomic E-state index is -0.899. The molecular weight excluding hydrogens is 278 g/mol. The molecule has 2 fully saturated rings. The van der Waals surface area contributed by atoms with Crippen LogP contribution in [0, 0.1) is 0 Å². The minimum absolute atomic E-state index is 0.00239. The van der Waals surface area contributed by atoms with Crippen LogP contribution >= 0.6 is 11.8 Å². The summed E-state index contributed by atoms with van der Waals surface area (Å²) in [6.45, 7) is 2.06. The van der Waals surface area contributed by atoms with Gasteiger partial charge in [0.2, 0.25) is 5.91 Å². The maximum absolute atomic E-state index is 12.6. The highest BCUT2D eigenvalue weighted by Gasteiger charge is 2.46. The summed E-state index contributed by atoms with van der Waals surface area (Å²) in [5.74, 6) is -0.474. The van der Waals surface area contributed by atoms with Gasteiger partial charge >= 0.3 is 5.97 Å². The predicted octanol–water partition coefficient (Wildman–Crippen LogP) is 2.10. The fourth-order valence-electron chi connectivity index (χ4n) is 2.95. The summed E-state index contributed by atoms with van der Waals surface area (Å²) in [6.07, 6.45) is 4.98. The van der Waals surface area contributed by atoms with Crippen LogP contribution in [0.1, 0.15) is 45.4 Å². The first kappa shape index (κ1) is 15.6. The van der Waals surface area contributed by atoms with E-state index in [4.69, 9.17) is 4.74 Å². The van der Waals surface area contributed by atoms with Crippen LogP contribution in [0.15, 0.2) is 0 Å². The SMILES string of the molecule is CCCC1SCC(C(=O)O)N1C(=O)CC1(OC)CCC1. The van der Waals surface area contributed by atoms with Crippen molar-refractivity contribution in [2.24, 2.45) is 0 Å². The zero-order valence-corrected chi connectivity index (χ0v) is 12.9. The Kier molecular flexibility index (Phi) is 4.96. The summed E-state index contributed by atoms with van der Waals surface area (Å²) < 4.78 is 5.49. The quantitative estimate of drug-likeness (QED) is 0.814. The molecule has 0 spiro atoms. The molecule has 0 aromatic carbocycles. The van der Waals surface area contributed by atoms with Crippen molar-refractivity contribution in [3.05, 3.63) is 0 Å². The van der Waals surface area contributed by atoms with Crippen LogP contribution in [0.3, 0.4) is 0 Å². The number of ether oxygens (including phenoxy) is 1. The Hall–Kier alpha value is -0.750. The lowest BCUT2D eigenvalue weighted by Crippen LogP contribution is -2.50. The number of hydrogen-bond donors (Lipinski definition) is 1. The molecule has 1 heterocycles. The predicted molar refractivity (Wildman–Crippen MR) is 77.6 cm³/mol. The second-order valence-electron chi connectivity index (χ2n) is 5.65. The lowest BCUT2D eigenvalue weighted by Gasteiger charge is -2.41. The van der Waals surface area contributed by atoms with Gasteiger partial charge in [0.15, 0.2) is 0 Å². The molecule has 0 bridgehead atoms. The first-order valence-corrected chi connectivity index (χ1v) is 8.28. The van der Waals surface area contributed by atoms with E-state index in [1.54, 1.807) is 23.8 Å². The number of carboxylic acids is 1. The normalized spacial score (nSPS) is 28.2. The Bertz CT molecular complexity index is 378. The van der Waals surface area contributed by atoms with E-state index in [1.165, 1.54) is 0 Å². The van der Waals surface area contributed by atoms with Crippen LogP contribution in [0.5, 0.6) is 0 Å². The van der Waals surface area contributed by atoms with Crippen LogP contribution < -0.4 is 0 Å². The van der Waals surface area contributed by atoms with Gasteiger partial charge in [-0.05, 0) is 25.7 Å². The zero-order chi connectivity index (χ0) is 14.8. The summed E-state index contributed by atoms with van der Waals surface area (Å²) in [5.41, 5.74) is -0.343. The van der Waals surface area contributed by atoms with Gasteiger partial charge in [-0.25, -0.2) is 4.79 Å². The van der Waals surface area contributed by atoms with Gasteiger partial charge in [0, 0.05) is 12.9 Å². The van der Waals surface area contributed by atoms with Gasteiger partial charge in [-0.3, -0.25) is 4.79 Å². The minimum Gasteiger partial charge on any atom is -0.480 e. The van der Waals surface area contributed by atoms with Crippen LogP contribution in [-0.2, 0) is 14.3 Å². The fraction of sp³-hybridized carbons (Fsp3) is 0.857. The third-order valence-electron chi connectivity index (χ3n) is 4.37. The summed E-state index contributed by atoms with van der Waals surface area (Å²) in [6, 6.07) is -0.682. The summed E-state index contributed by atoms with van der Waals surface area (Å²) >= 11 is 1.58. The summed E-state index contributed by atoms with van der Waals surface area (Å²) in [5, 5.41) is 9.31. The topological polar surface area (TPSA) is 66.8 Å². The number of methoxy groups -OCH3 is 1. The number of hydrogen-bond acceptors (Lipinski definition) is 4. The molecule has 0 radical (unpaired) electrons. The monoisotopic (exact) mass is 301 g/mol. The number of aliphatic carboxylic acids is 1. The van der Waals surface area contributed by atoms with Crippen molar-refractivity contribution in [2.75, 3.05) is 12.9 Å². The second-order valence-corrected chi connectivity index (χ2v) is 6.86. The number of carbonyl (C=O) groups is 2. The van der Waals surface area contributed by atoms with E-state index in [-0.39, 0.29) is 16.9 Å². The Morgan fingerprint density at radius 2 is 2.15 bits per heavy atom. The smallest absolute Gasteiger partial charge is 0.327 e. The van der Waals surface area contributed by atoms with Gasteiger partial charge < -0.3 is 14.7 Å². The molecule has 0 aromatic rings. The van der Waals surface area contributed by atoms with Gasteiger partial charge in [-0.2, -0.15) is 0 Å². The number of thioether (sulfide) groups is 1. The highest BCUT2D eigenvalue weighted by molar-refractivity contribution is 8.00. The van der Waals surface area contributed by atoms with E-state index in [0.29, 0.717) is 12.2 Å². The molecule has 1 aliphatic carbocycles. The number of amides is 1. The number of rotatable bonds is 6. The number of carbonyl (C=O) groups excluding carboxylic acids is 1. The molecule has 114 valence electrons. The average Bonchev–Trinajstić information content (AvgIpc) is 2.78. The van der Waals surface area contributed by atoms with Crippen LogP contribution in [0.2, 0.25) is 0 Å². The van der Waals surface area contributed by atoms with Gasteiger partial charge in [-0.1, -0.05) is 13.3 Å². The zero-order valence-electron chi connectivity index (χ0n) is 12.1. The molecule has 2 unspecified atom stereocenters. The Morgan fingerprint density at radius 3 is 2.60 bits per heavy atom. The van der Waals surface area contributed by atoms with E-state index in [9.17, 15) is 14.7 Å². The summed E-state index contributed by atoms with van der Waals surface area (Å²) in [4.78, 5) is 25.5. The average molecular weight is 301 g/mol. The van der Waals surface area contributed by atoms with Gasteiger partial charge in [0.05, 0.1) is 17.4 Å². The standard InChI is InChI=1S/C14H23NO4S/c1-3-5-12-15(10(9-20-12)13(17)18)11(16)8-14(19-2)6-4-7-14/h10,12H,3-9H2,1-2H3,(H,17,18). The molecule has 1 amide bonds. The molecule has 1 saturated carbocycles. The van der Waals surface area contributed by atoms with E-state index in [2.05, 4.69) is 6.92 Å². The number of nitrogens with zero attached hydrogens (tertiary/aromatic N) is 1. The van der Waals surface area contributed by atoms with Crippen molar-refractivity contribution in [1.82, 2.24) is 4.90 Å². The molecule has 2 aliphatic rings. The van der Waals surface area contributed by atoms with Crippen molar-refractivity contribution in [3.8, 4) is 0 Å². The van der Waals surface area contributed by atoms with Crippen molar-refractivity contribution in [2.45, 2.75) is 62.5 Å². The van der Waals surface area contributed by atoms with Crippen LogP contribution in [0.4, 0.5) is 0 Å². The second kappa shape index (κ2) is 6.35. The molecule has 6 heteroatoms. The van der Waals surface area contributed by atoms with Crippen molar-refractivity contribution < 1.29 is 19.4 Å². The molecule has 0 aromatic heterocycles. The highest BCUT2D eigenvalue weighted by atomic mass is 32.2. The van der Waals surface area contributed by atoms with Gasteiger partial charge in [-0.15, -0.1) is 11.8 Å². The molecular formula is C14H23NO4S.